The Labute approximate surface area is 132 Å². The average molecular weight is 345 g/mol. The number of hydrogen-bond acceptors (Lipinski definition) is 3. The monoisotopic (exact) mass is 344 g/mol. The zero-order valence-electron chi connectivity index (χ0n) is 13.5. The van der Waals surface area contributed by atoms with Crippen molar-refractivity contribution in [3.8, 4) is 0 Å². The van der Waals surface area contributed by atoms with Crippen LogP contribution in [0.4, 0.5) is 0 Å². The summed E-state index contributed by atoms with van der Waals surface area (Å²) in [5, 5.41) is 8.21. The second-order valence-corrected chi connectivity index (χ2v) is 6.77. The summed E-state index contributed by atoms with van der Waals surface area (Å²) in [6.45, 7) is 8.57. The Balaban J connectivity index is 2.89. The van der Waals surface area contributed by atoms with Crippen LogP contribution in [0, 0.1) is 0 Å². The summed E-state index contributed by atoms with van der Waals surface area (Å²) in [6, 6.07) is 0.843. The summed E-state index contributed by atoms with van der Waals surface area (Å²) in [6.07, 6.45) is 5.53. The van der Waals surface area contributed by atoms with Gasteiger partial charge in [0.1, 0.15) is 0 Å². The molecule has 1 rings (SSSR count). The zero-order chi connectivity index (χ0) is 15.1. The molecular formula is C15H29BrN4. The van der Waals surface area contributed by atoms with Crippen molar-refractivity contribution in [1.29, 1.82) is 0 Å². The van der Waals surface area contributed by atoms with E-state index >= 15 is 0 Å². The number of nitrogens with zero attached hydrogens (tertiary/aromatic N) is 3. The van der Waals surface area contributed by atoms with E-state index in [1.54, 1.807) is 0 Å². The normalized spacial score (nSPS) is 13.4. The lowest BCUT2D eigenvalue weighted by molar-refractivity contribution is 0.353. The van der Waals surface area contributed by atoms with Gasteiger partial charge in [-0.3, -0.25) is 4.68 Å². The van der Waals surface area contributed by atoms with Gasteiger partial charge in [0.25, 0.3) is 0 Å². The SMILES string of the molecule is CCCCC(NC(C)C)c1c(Br)cnn1CCN(C)C. The largest absolute Gasteiger partial charge is 0.308 e. The first-order valence-corrected chi connectivity index (χ1v) is 8.37. The predicted molar refractivity (Wildman–Crippen MR) is 89.0 cm³/mol. The highest BCUT2D eigenvalue weighted by atomic mass is 79.9. The number of nitrogens with one attached hydrogen (secondary N) is 1. The van der Waals surface area contributed by atoms with Crippen LogP contribution in [-0.4, -0.2) is 41.4 Å². The minimum absolute atomic E-state index is 0.369. The molecule has 5 heteroatoms. The number of likely N-dealkylation sites (N-methyl/N-ethyl adjacent to an activating group) is 1. The molecule has 0 aliphatic rings. The van der Waals surface area contributed by atoms with Gasteiger partial charge in [-0.05, 0) is 36.4 Å². The van der Waals surface area contributed by atoms with Crippen LogP contribution in [0.2, 0.25) is 0 Å². The highest BCUT2D eigenvalue weighted by molar-refractivity contribution is 9.10. The van der Waals surface area contributed by atoms with Crippen molar-refractivity contribution in [2.24, 2.45) is 0 Å². The molecule has 1 aromatic heterocycles. The Bertz CT molecular complexity index is 387. The molecule has 1 unspecified atom stereocenters. The fourth-order valence-corrected chi connectivity index (χ4v) is 2.87. The second kappa shape index (κ2) is 8.80. The minimum Gasteiger partial charge on any atom is -0.308 e. The molecule has 1 heterocycles. The molecule has 116 valence electrons. The molecule has 1 N–H and O–H groups in total. The summed E-state index contributed by atoms with van der Waals surface area (Å²) in [5.74, 6) is 0. The van der Waals surface area contributed by atoms with Crippen LogP contribution >= 0.6 is 15.9 Å². The maximum atomic E-state index is 4.53. The van der Waals surface area contributed by atoms with Gasteiger partial charge in [-0.25, -0.2) is 0 Å². The van der Waals surface area contributed by atoms with E-state index in [1.807, 2.05) is 6.20 Å². The zero-order valence-corrected chi connectivity index (χ0v) is 15.1. The van der Waals surface area contributed by atoms with Crippen LogP contribution in [0.3, 0.4) is 0 Å². The van der Waals surface area contributed by atoms with Crippen molar-refractivity contribution >= 4 is 15.9 Å². The maximum Gasteiger partial charge on any atom is 0.0696 e. The molecule has 0 aromatic carbocycles. The van der Waals surface area contributed by atoms with Crippen molar-refractivity contribution in [1.82, 2.24) is 20.0 Å². The van der Waals surface area contributed by atoms with Crippen molar-refractivity contribution in [2.45, 2.75) is 58.7 Å². The lowest BCUT2D eigenvalue weighted by Crippen LogP contribution is -2.31. The Morgan fingerprint density at radius 3 is 2.65 bits per heavy atom. The smallest absolute Gasteiger partial charge is 0.0696 e. The average Bonchev–Trinajstić information content (AvgIpc) is 2.73. The Hall–Kier alpha value is -0.390. The van der Waals surface area contributed by atoms with Crippen LogP contribution in [0.25, 0.3) is 0 Å². The van der Waals surface area contributed by atoms with E-state index in [9.17, 15) is 0 Å². The molecule has 0 amide bonds. The van der Waals surface area contributed by atoms with E-state index < -0.39 is 0 Å². The van der Waals surface area contributed by atoms with Crippen LogP contribution in [0.5, 0.6) is 0 Å². The molecule has 0 saturated heterocycles. The standard InChI is InChI=1S/C15H29BrN4/c1-6-7-8-14(18-12(2)3)15-13(16)11-17-20(15)10-9-19(4)5/h11-12,14,18H,6-10H2,1-5H3. The van der Waals surface area contributed by atoms with Gasteiger partial charge in [-0.15, -0.1) is 0 Å². The molecule has 20 heavy (non-hydrogen) atoms. The van der Waals surface area contributed by atoms with Crippen molar-refractivity contribution in [3.05, 3.63) is 16.4 Å². The van der Waals surface area contributed by atoms with Gasteiger partial charge in [0.2, 0.25) is 0 Å². The van der Waals surface area contributed by atoms with Gasteiger partial charge >= 0.3 is 0 Å². The summed E-state index contributed by atoms with van der Waals surface area (Å²) >= 11 is 3.67. The highest BCUT2D eigenvalue weighted by Crippen LogP contribution is 2.27. The first-order valence-electron chi connectivity index (χ1n) is 7.57. The number of hydrogen-bond donors (Lipinski definition) is 1. The van der Waals surface area contributed by atoms with E-state index in [-0.39, 0.29) is 0 Å². The Kier molecular flexibility index (Phi) is 7.77. The molecule has 0 saturated carbocycles. The molecule has 0 radical (unpaired) electrons. The van der Waals surface area contributed by atoms with Gasteiger partial charge in [-0.2, -0.15) is 5.10 Å². The molecule has 4 nitrogen and oxygen atoms in total. The number of unbranched alkanes of at least 4 members (excludes halogenated alkanes) is 1. The number of aromatic nitrogens is 2. The molecule has 0 bridgehead atoms. The molecule has 1 aromatic rings. The summed E-state index contributed by atoms with van der Waals surface area (Å²) in [5.41, 5.74) is 1.29. The van der Waals surface area contributed by atoms with Crippen LogP contribution in [0.1, 0.15) is 51.8 Å². The number of halogens is 1. The quantitative estimate of drug-likeness (QED) is 0.744. The van der Waals surface area contributed by atoms with Crippen molar-refractivity contribution < 1.29 is 0 Å². The summed E-state index contributed by atoms with van der Waals surface area (Å²) in [4.78, 5) is 2.19. The van der Waals surface area contributed by atoms with Crippen molar-refractivity contribution in [2.75, 3.05) is 20.6 Å². The Morgan fingerprint density at radius 1 is 1.40 bits per heavy atom. The van der Waals surface area contributed by atoms with Crippen LogP contribution in [-0.2, 0) is 6.54 Å². The second-order valence-electron chi connectivity index (χ2n) is 5.92. The lowest BCUT2D eigenvalue weighted by Gasteiger charge is -2.23. The topological polar surface area (TPSA) is 33.1 Å². The first kappa shape index (κ1) is 17.7. The third kappa shape index (κ3) is 5.54. The van der Waals surface area contributed by atoms with Crippen LogP contribution in [0.15, 0.2) is 10.7 Å². The summed E-state index contributed by atoms with van der Waals surface area (Å²) in [7, 11) is 4.19. The predicted octanol–water partition coefficient (Wildman–Crippen LogP) is 3.44. The number of rotatable bonds is 9. The fraction of sp³-hybridized carbons (Fsp3) is 0.800. The molecular weight excluding hydrogens is 316 g/mol. The molecule has 0 aliphatic carbocycles. The van der Waals surface area contributed by atoms with Gasteiger partial charge in [0, 0.05) is 12.6 Å². The maximum absolute atomic E-state index is 4.53. The minimum atomic E-state index is 0.369. The third-order valence-electron chi connectivity index (χ3n) is 3.30. The van der Waals surface area contributed by atoms with E-state index in [4.69, 9.17) is 0 Å². The first-order chi connectivity index (χ1) is 9.45. The molecule has 0 aliphatic heterocycles. The van der Waals surface area contributed by atoms with Crippen LogP contribution < -0.4 is 5.32 Å². The molecule has 0 fully saturated rings. The van der Waals surface area contributed by atoms with E-state index in [0.29, 0.717) is 12.1 Å². The van der Waals surface area contributed by atoms with Gasteiger partial charge < -0.3 is 10.2 Å². The van der Waals surface area contributed by atoms with E-state index in [0.717, 1.165) is 24.0 Å². The lowest BCUT2D eigenvalue weighted by atomic mass is 10.1. The third-order valence-corrected chi connectivity index (χ3v) is 3.91. The molecule has 0 spiro atoms. The van der Waals surface area contributed by atoms with Gasteiger partial charge in [-0.1, -0.05) is 33.6 Å². The van der Waals surface area contributed by atoms with E-state index in [1.165, 1.54) is 18.5 Å². The fourth-order valence-electron chi connectivity index (χ4n) is 2.30. The van der Waals surface area contributed by atoms with Gasteiger partial charge in [0.05, 0.1) is 29.0 Å². The van der Waals surface area contributed by atoms with E-state index in [2.05, 4.69) is 70.8 Å². The van der Waals surface area contributed by atoms with Crippen molar-refractivity contribution in [3.63, 3.8) is 0 Å². The molecule has 1 atom stereocenters. The summed E-state index contributed by atoms with van der Waals surface area (Å²) < 4.78 is 3.25. The Morgan fingerprint density at radius 2 is 2.10 bits per heavy atom. The highest BCUT2D eigenvalue weighted by Gasteiger charge is 2.20. The van der Waals surface area contributed by atoms with Gasteiger partial charge in [0.15, 0.2) is 0 Å².